The van der Waals surface area contributed by atoms with E-state index >= 15 is 0 Å². The zero-order valence-corrected chi connectivity index (χ0v) is 13.6. The second-order valence-corrected chi connectivity index (χ2v) is 5.82. The molecule has 1 aliphatic heterocycles. The van der Waals surface area contributed by atoms with Crippen LogP contribution in [0, 0.1) is 15.9 Å². The number of methoxy groups -OCH3 is 1. The fourth-order valence-electron chi connectivity index (χ4n) is 2.66. The van der Waals surface area contributed by atoms with Crippen LogP contribution in [0.5, 0.6) is 5.75 Å². The van der Waals surface area contributed by atoms with Crippen LogP contribution in [0.4, 0.5) is 10.1 Å². The zero-order valence-electron chi connectivity index (χ0n) is 12.9. The first kappa shape index (κ1) is 17.7. The van der Waals surface area contributed by atoms with Crippen molar-refractivity contribution in [2.75, 3.05) is 20.2 Å². The Kier molecular flexibility index (Phi) is 5.62. The van der Waals surface area contributed by atoms with Crippen LogP contribution in [0.15, 0.2) is 11.6 Å². The van der Waals surface area contributed by atoms with E-state index in [9.17, 15) is 19.5 Å². The van der Waals surface area contributed by atoms with Gasteiger partial charge in [-0.25, -0.2) is 0 Å². The van der Waals surface area contributed by atoms with Gasteiger partial charge in [0.25, 0.3) is 0 Å². The first-order valence-electron chi connectivity index (χ1n) is 7.17. The molecule has 0 aliphatic carbocycles. The van der Waals surface area contributed by atoms with Crippen LogP contribution in [0.2, 0.25) is 11.8 Å². The molecular weight excluding hydrogens is 325 g/mol. The molecule has 0 aromatic heterocycles. The van der Waals surface area contributed by atoms with Gasteiger partial charge in [-0.1, -0.05) is 23.3 Å². The van der Waals surface area contributed by atoms with E-state index in [-0.39, 0.29) is 16.3 Å². The summed E-state index contributed by atoms with van der Waals surface area (Å²) in [7, 11) is 0.602. The molecule has 6 nitrogen and oxygen atoms in total. The Morgan fingerprint density at radius 3 is 2.87 bits per heavy atom. The number of nitro groups is 1. The van der Waals surface area contributed by atoms with Gasteiger partial charge < -0.3 is 14.6 Å². The summed E-state index contributed by atoms with van der Waals surface area (Å²) in [6, 6.07) is 1.32. The van der Waals surface area contributed by atoms with Crippen molar-refractivity contribution < 1.29 is 19.1 Å². The van der Waals surface area contributed by atoms with Gasteiger partial charge in [0.05, 0.1) is 17.1 Å². The topological polar surface area (TPSA) is 75.8 Å². The van der Waals surface area contributed by atoms with Crippen molar-refractivity contribution in [1.29, 1.82) is 0 Å². The van der Waals surface area contributed by atoms with Crippen molar-refractivity contribution in [2.24, 2.45) is 0 Å². The lowest BCUT2D eigenvalue weighted by Crippen LogP contribution is -2.41. The monoisotopic (exact) mass is 342 g/mol. The summed E-state index contributed by atoms with van der Waals surface area (Å²) in [5.74, 6) is -1.26. The van der Waals surface area contributed by atoms with E-state index in [4.69, 9.17) is 16.3 Å². The molecule has 1 heterocycles. The molecule has 2 rings (SSSR count). The number of nitro benzene ring substituents is 1. The van der Waals surface area contributed by atoms with E-state index in [0.29, 0.717) is 6.54 Å². The number of ether oxygens (including phenoxy) is 1. The molecule has 1 saturated heterocycles. The molecule has 0 unspecified atom stereocenters. The Labute approximate surface area is 138 Å². The molecule has 0 amide bonds. The minimum absolute atomic E-state index is 0.0179. The van der Waals surface area contributed by atoms with Crippen LogP contribution < -0.4 is 4.74 Å². The van der Waals surface area contributed by atoms with Crippen LogP contribution in [0.3, 0.4) is 0 Å². The summed E-state index contributed by atoms with van der Waals surface area (Å²) < 4.78 is 19.3. The van der Waals surface area contributed by atoms with Crippen LogP contribution in [-0.4, -0.2) is 42.0 Å². The van der Waals surface area contributed by atoms with Crippen molar-refractivity contribution in [3.05, 3.63) is 38.2 Å². The first-order chi connectivity index (χ1) is 10.8. The fourth-order valence-corrected chi connectivity index (χ4v) is 2.95. The van der Waals surface area contributed by atoms with Gasteiger partial charge in [0.1, 0.15) is 0 Å². The average molecular weight is 343 g/mol. The largest absolute Gasteiger partial charge is 0.489 e. The second kappa shape index (κ2) is 7.29. The standard InChI is InChI=1S/C14H17BClFN2O4/c1-15(20)18-5-3-4-9(8-18)6-10-7-11(16)14(23-2)13(12(10)17)19(21)22/h6-7,20H,3-5,8H2,1-2H3/b9-6+. The summed E-state index contributed by atoms with van der Waals surface area (Å²) in [5, 5.41) is 20.7. The molecule has 0 spiro atoms. The van der Waals surface area contributed by atoms with Crippen LogP contribution in [-0.2, 0) is 0 Å². The highest BCUT2D eigenvalue weighted by atomic mass is 35.5. The number of hydrogen-bond acceptors (Lipinski definition) is 5. The molecule has 124 valence electrons. The maximum Gasteiger partial charge on any atom is 0.376 e. The summed E-state index contributed by atoms with van der Waals surface area (Å²) in [5.41, 5.74) is 0.159. The number of halogens is 2. The number of piperidine rings is 1. The van der Waals surface area contributed by atoms with Crippen molar-refractivity contribution in [1.82, 2.24) is 4.81 Å². The van der Waals surface area contributed by atoms with Gasteiger partial charge in [-0.3, -0.25) is 10.1 Å². The Morgan fingerprint density at radius 2 is 2.30 bits per heavy atom. The molecule has 1 aromatic rings. The number of nitrogens with zero attached hydrogens (tertiary/aromatic N) is 2. The zero-order chi connectivity index (χ0) is 17.1. The molecule has 1 N–H and O–H groups in total. The third-order valence-electron chi connectivity index (χ3n) is 3.80. The molecule has 0 radical (unpaired) electrons. The minimum Gasteiger partial charge on any atom is -0.489 e. The second-order valence-electron chi connectivity index (χ2n) is 5.41. The van der Waals surface area contributed by atoms with E-state index in [1.54, 1.807) is 12.9 Å². The van der Waals surface area contributed by atoms with Gasteiger partial charge in [0.2, 0.25) is 11.6 Å². The summed E-state index contributed by atoms with van der Waals surface area (Å²) in [4.78, 5) is 12.1. The number of benzene rings is 1. The van der Waals surface area contributed by atoms with E-state index < -0.39 is 23.5 Å². The normalized spacial score (nSPS) is 17.3. The van der Waals surface area contributed by atoms with Gasteiger partial charge >= 0.3 is 12.7 Å². The number of rotatable bonds is 4. The highest BCUT2D eigenvalue weighted by molar-refractivity contribution is 6.45. The Balaban J connectivity index is 2.44. The third kappa shape index (κ3) is 3.83. The molecule has 1 aromatic carbocycles. The minimum atomic E-state index is -0.974. The van der Waals surface area contributed by atoms with Gasteiger partial charge in [0.15, 0.2) is 0 Å². The van der Waals surface area contributed by atoms with E-state index in [1.165, 1.54) is 13.2 Å². The predicted octanol–water partition coefficient (Wildman–Crippen LogP) is 2.99. The van der Waals surface area contributed by atoms with E-state index in [2.05, 4.69) is 0 Å². The molecule has 1 aliphatic rings. The highest BCUT2D eigenvalue weighted by Crippen LogP contribution is 2.39. The first-order valence-corrected chi connectivity index (χ1v) is 7.55. The smallest absolute Gasteiger partial charge is 0.376 e. The Morgan fingerprint density at radius 1 is 1.61 bits per heavy atom. The lowest BCUT2D eigenvalue weighted by Gasteiger charge is -2.29. The molecule has 23 heavy (non-hydrogen) atoms. The van der Waals surface area contributed by atoms with Gasteiger partial charge in [-0.2, -0.15) is 4.39 Å². The summed E-state index contributed by atoms with van der Waals surface area (Å²) in [6.45, 7) is 2.90. The molecule has 9 heteroatoms. The quantitative estimate of drug-likeness (QED) is 0.517. The van der Waals surface area contributed by atoms with Crippen LogP contribution >= 0.6 is 11.6 Å². The van der Waals surface area contributed by atoms with E-state index in [1.807, 2.05) is 4.81 Å². The maximum atomic E-state index is 14.5. The summed E-state index contributed by atoms with van der Waals surface area (Å²) in [6.07, 6.45) is 3.12. The molecule has 0 bridgehead atoms. The van der Waals surface area contributed by atoms with Crippen LogP contribution in [0.25, 0.3) is 6.08 Å². The summed E-state index contributed by atoms with van der Waals surface area (Å²) >= 11 is 5.97. The van der Waals surface area contributed by atoms with Crippen molar-refractivity contribution >= 4 is 30.4 Å². The average Bonchev–Trinajstić information content (AvgIpc) is 2.50. The SMILES string of the molecule is COc1c(Cl)cc(/C=C2\CCCN(B(C)O)C2)c(F)c1[N+](=O)[O-]. The maximum absolute atomic E-state index is 14.5. The third-order valence-corrected chi connectivity index (χ3v) is 4.08. The van der Waals surface area contributed by atoms with Gasteiger partial charge in [0, 0.05) is 12.1 Å². The van der Waals surface area contributed by atoms with Crippen molar-refractivity contribution in [3.8, 4) is 5.75 Å². The lowest BCUT2D eigenvalue weighted by molar-refractivity contribution is -0.388. The van der Waals surface area contributed by atoms with Crippen molar-refractivity contribution in [3.63, 3.8) is 0 Å². The lowest BCUT2D eigenvalue weighted by atomic mass is 9.82. The number of hydrogen-bond donors (Lipinski definition) is 1. The Bertz CT molecular complexity index is 654. The Hall–Kier alpha value is -1.64. The van der Waals surface area contributed by atoms with Gasteiger partial charge in [-0.15, -0.1) is 0 Å². The van der Waals surface area contributed by atoms with E-state index in [0.717, 1.165) is 25.0 Å². The highest BCUT2D eigenvalue weighted by Gasteiger charge is 2.28. The molecule has 1 fully saturated rings. The molecule has 0 atom stereocenters. The van der Waals surface area contributed by atoms with Gasteiger partial charge in [-0.05, 0) is 32.3 Å². The molecular formula is C14H17BClFN2O4. The van der Waals surface area contributed by atoms with Crippen LogP contribution in [0.1, 0.15) is 18.4 Å². The van der Waals surface area contributed by atoms with Crippen molar-refractivity contribution in [2.45, 2.75) is 19.7 Å². The fraction of sp³-hybridized carbons (Fsp3) is 0.429. The predicted molar refractivity (Wildman–Crippen MR) is 87.2 cm³/mol. The molecule has 0 saturated carbocycles.